The van der Waals surface area contributed by atoms with E-state index in [4.69, 9.17) is 5.73 Å². The highest BCUT2D eigenvalue weighted by Crippen LogP contribution is 2.36. The second kappa shape index (κ2) is 5.68. The average molecular weight is 240 g/mol. The lowest BCUT2D eigenvalue weighted by Gasteiger charge is -2.34. The van der Waals surface area contributed by atoms with Gasteiger partial charge < -0.3 is 15.7 Å². The monoisotopic (exact) mass is 240 g/mol. The molecule has 100 valence electrons. The van der Waals surface area contributed by atoms with Crippen molar-refractivity contribution in [1.82, 2.24) is 4.90 Å². The molecule has 1 heterocycles. The number of aliphatic hydroxyl groups is 1. The minimum Gasteiger partial charge on any atom is -0.394 e. The van der Waals surface area contributed by atoms with Gasteiger partial charge in [-0.3, -0.25) is 0 Å². The summed E-state index contributed by atoms with van der Waals surface area (Å²) >= 11 is 0. The van der Waals surface area contributed by atoms with Gasteiger partial charge in [0.05, 0.1) is 6.61 Å². The molecule has 0 bridgehead atoms. The topological polar surface area (TPSA) is 49.5 Å². The molecule has 1 saturated carbocycles. The summed E-state index contributed by atoms with van der Waals surface area (Å²) in [6.45, 7) is 6.20. The van der Waals surface area contributed by atoms with E-state index < -0.39 is 0 Å². The molecular weight excluding hydrogens is 212 g/mol. The quantitative estimate of drug-likeness (QED) is 0.785. The Morgan fingerprint density at radius 2 is 2.18 bits per heavy atom. The maximum absolute atomic E-state index is 9.44. The molecular formula is C14H28N2O. The molecule has 0 spiro atoms. The fraction of sp³-hybridized carbons (Fsp3) is 1.00. The van der Waals surface area contributed by atoms with Crippen LogP contribution in [0.3, 0.4) is 0 Å². The number of aliphatic hydroxyl groups excluding tert-OH is 1. The number of hydrogen-bond donors (Lipinski definition) is 2. The summed E-state index contributed by atoms with van der Waals surface area (Å²) in [6, 6.07) is 0. The lowest BCUT2D eigenvalue weighted by Crippen LogP contribution is -2.48. The molecule has 3 heteroatoms. The highest BCUT2D eigenvalue weighted by atomic mass is 16.3. The number of hydrogen-bond acceptors (Lipinski definition) is 3. The third kappa shape index (κ3) is 3.21. The van der Waals surface area contributed by atoms with E-state index in [9.17, 15) is 5.11 Å². The van der Waals surface area contributed by atoms with Crippen LogP contribution in [-0.4, -0.2) is 41.8 Å². The Labute approximate surface area is 105 Å². The maximum atomic E-state index is 9.44. The number of rotatable bonds is 4. The Morgan fingerprint density at radius 3 is 2.88 bits per heavy atom. The molecule has 2 fully saturated rings. The van der Waals surface area contributed by atoms with Crippen molar-refractivity contribution in [2.45, 2.75) is 51.0 Å². The fourth-order valence-corrected chi connectivity index (χ4v) is 3.64. The number of nitrogens with zero attached hydrogens (tertiary/aromatic N) is 1. The van der Waals surface area contributed by atoms with E-state index in [0.717, 1.165) is 12.3 Å². The number of nitrogens with two attached hydrogens (primary N) is 1. The van der Waals surface area contributed by atoms with Crippen LogP contribution in [0.5, 0.6) is 0 Å². The minimum atomic E-state index is -0.276. The first-order valence-electron chi connectivity index (χ1n) is 7.26. The van der Waals surface area contributed by atoms with Crippen LogP contribution in [0.15, 0.2) is 0 Å². The van der Waals surface area contributed by atoms with Crippen molar-refractivity contribution in [3.05, 3.63) is 0 Å². The Hall–Kier alpha value is -0.120. The van der Waals surface area contributed by atoms with Gasteiger partial charge in [-0.25, -0.2) is 0 Å². The third-order valence-electron chi connectivity index (χ3n) is 4.84. The van der Waals surface area contributed by atoms with Crippen LogP contribution in [0.2, 0.25) is 0 Å². The van der Waals surface area contributed by atoms with Crippen LogP contribution in [0, 0.1) is 11.8 Å². The first kappa shape index (κ1) is 13.3. The van der Waals surface area contributed by atoms with Gasteiger partial charge in [0, 0.05) is 12.1 Å². The van der Waals surface area contributed by atoms with E-state index in [0.29, 0.717) is 5.92 Å². The van der Waals surface area contributed by atoms with Gasteiger partial charge in [0.2, 0.25) is 0 Å². The van der Waals surface area contributed by atoms with Crippen molar-refractivity contribution < 1.29 is 5.11 Å². The predicted molar refractivity (Wildman–Crippen MR) is 70.8 cm³/mol. The normalized spacial score (nSPS) is 39.7. The highest BCUT2D eigenvalue weighted by molar-refractivity contribution is 4.96. The van der Waals surface area contributed by atoms with Crippen molar-refractivity contribution in [3.63, 3.8) is 0 Å². The summed E-state index contributed by atoms with van der Waals surface area (Å²) in [6.07, 6.45) is 7.31. The van der Waals surface area contributed by atoms with Crippen LogP contribution in [-0.2, 0) is 0 Å². The van der Waals surface area contributed by atoms with Gasteiger partial charge in [-0.2, -0.15) is 0 Å². The zero-order chi connectivity index (χ0) is 12.3. The smallest absolute Gasteiger partial charge is 0.0613 e. The first-order valence-corrected chi connectivity index (χ1v) is 7.26. The molecule has 0 aromatic rings. The predicted octanol–water partition coefficient (Wildman–Crippen LogP) is 1.60. The van der Waals surface area contributed by atoms with E-state index in [2.05, 4.69) is 11.8 Å². The molecule has 3 atom stereocenters. The lowest BCUT2D eigenvalue weighted by molar-refractivity contribution is 0.130. The van der Waals surface area contributed by atoms with E-state index in [1.807, 2.05) is 0 Å². The van der Waals surface area contributed by atoms with Gasteiger partial charge in [-0.1, -0.05) is 13.3 Å². The molecule has 0 radical (unpaired) electrons. The Balaban J connectivity index is 1.77. The molecule has 1 aliphatic heterocycles. The molecule has 0 aromatic carbocycles. The molecule has 0 amide bonds. The van der Waals surface area contributed by atoms with E-state index in [-0.39, 0.29) is 12.1 Å². The molecule has 3 unspecified atom stereocenters. The second-order valence-electron chi connectivity index (χ2n) is 6.32. The van der Waals surface area contributed by atoms with Crippen molar-refractivity contribution in [3.8, 4) is 0 Å². The largest absolute Gasteiger partial charge is 0.394 e. The van der Waals surface area contributed by atoms with E-state index in [1.54, 1.807) is 0 Å². The Bertz CT molecular complexity index is 246. The molecule has 3 nitrogen and oxygen atoms in total. The van der Waals surface area contributed by atoms with Crippen molar-refractivity contribution in [2.24, 2.45) is 17.6 Å². The fourth-order valence-electron chi connectivity index (χ4n) is 3.64. The Kier molecular flexibility index (Phi) is 4.45. The van der Waals surface area contributed by atoms with Crippen LogP contribution in [0.1, 0.15) is 45.4 Å². The summed E-state index contributed by atoms with van der Waals surface area (Å²) in [4.78, 5) is 2.59. The van der Waals surface area contributed by atoms with Gasteiger partial charge in [-0.05, 0) is 57.0 Å². The van der Waals surface area contributed by atoms with E-state index >= 15 is 0 Å². The summed E-state index contributed by atoms with van der Waals surface area (Å²) in [7, 11) is 0. The van der Waals surface area contributed by atoms with Crippen LogP contribution in [0.25, 0.3) is 0 Å². The Morgan fingerprint density at radius 1 is 1.35 bits per heavy atom. The number of likely N-dealkylation sites (tertiary alicyclic amines) is 1. The second-order valence-corrected chi connectivity index (χ2v) is 6.32. The average Bonchev–Trinajstić information content (AvgIpc) is 2.69. The van der Waals surface area contributed by atoms with Crippen LogP contribution >= 0.6 is 0 Å². The summed E-state index contributed by atoms with van der Waals surface area (Å²) < 4.78 is 0. The standard InChI is InChI=1S/C14H28N2O/c1-12-4-3-8-16(10-12)9-6-13-5-2-7-14(13,15)11-17/h12-13,17H,2-11,15H2,1H3. The van der Waals surface area contributed by atoms with Crippen molar-refractivity contribution >= 4 is 0 Å². The van der Waals surface area contributed by atoms with Gasteiger partial charge in [-0.15, -0.1) is 0 Å². The third-order valence-corrected chi connectivity index (χ3v) is 4.84. The zero-order valence-corrected chi connectivity index (χ0v) is 11.2. The minimum absolute atomic E-state index is 0.161. The lowest BCUT2D eigenvalue weighted by atomic mass is 9.86. The molecule has 17 heavy (non-hydrogen) atoms. The summed E-state index contributed by atoms with van der Waals surface area (Å²) in [5.41, 5.74) is 6.00. The molecule has 3 N–H and O–H groups in total. The maximum Gasteiger partial charge on any atom is 0.0613 e. The molecule has 2 aliphatic rings. The van der Waals surface area contributed by atoms with Crippen molar-refractivity contribution in [2.75, 3.05) is 26.2 Å². The van der Waals surface area contributed by atoms with Crippen molar-refractivity contribution in [1.29, 1.82) is 0 Å². The van der Waals surface area contributed by atoms with E-state index in [1.165, 1.54) is 51.7 Å². The van der Waals surface area contributed by atoms with Crippen LogP contribution < -0.4 is 5.73 Å². The van der Waals surface area contributed by atoms with Gasteiger partial charge in [0.25, 0.3) is 0 Å². The van der Waals surface area contributed by atoms with Gasteiger partial charge in [0.15, 0.2) is 0 Å². The van der Waals surface area contributed by atoms with Gasteiger partial charge >= 0.3 is 0 Å². The highest BCUT2D eigenvalue weighted by Gasteiger charge is 2.38. The SMILES string of the molecule is CC1CCCN(CCC2CCCC2(N)CO)C1. The molecule has 1 aliphatic carbocycles. The molecule has 0 aromatic heterocycles. The molecule has 2 rings (SSSR count). The van der Waals surface area contributed by atoms with Crippen LogP contribution in [0.4, 0.5) is 0 Å². The first-order chi connectivity index (χ1) is 8.14. The molecule has 1 saturated heterocycles. The summed E-state index contributed by atoms with van der Waals surface area (Å²) in [5.74, 6) is 1.39. The zero-order valence-electron chi connectivity index (χ0n) is 11.2. The summed E-state index contributed by atoms with van der Waals surface area (Å²) in [5, 5.41) is 9.44. The number of piperidine rings is 1. The van der Waals surface area contributed by atoms with Gasteiger partial charge in [0.1, 0.15) is 0 Å².